The van der Waals surface area contributed by atoms with Crippen LogP contribution in [0.15, 0.2) is 48.5 Å². The van der Waals surface area contributed by atoms with Crippen molar-refractivity contribution in [3.05, 3.63) is 65.2 Å². The fraction of sp³-hybridized carbons (Fsp3) is 0.400. The molecule has 0 radical (unpaired) electrons. The number of anilines is 1. The molecule has 1 fully saturated rings. The molecular weight excluding hydrogens is 447 g/mol. The normalized spacial score (nSPS) is 14.6. The Kier molecular flexibility index (Phi) is 7.96. The van der Waals surface area contributed by atoms with Crippen LogP contribution in [0.5, 0.6) is 0 Å². The van der Waals surface area contributed by atoms with Gasteiger partial charge < -0.3 is 15.1 Å². The lowest BCUT2D eigenvalue weighted by molar-refractivity contribution is -0.137. The molecule has 0 aliphatic carbocycles. The van der Waals surface area contributed by atoms with Crippen molar-refractivity contribution in [3.63, 3.8) is 0 Å². The van der Waals surface area contributed by atoms with Gasteiger partial charge in [0, 0.05) is 48.9 Å². The Hall–Kier alpha value is -3.36. The Balaban J connectivity index is 1.56. The third-order valence-electron chi connectivity index (χ3n) is 6.04. The van der Waals surface area contributed by atoms with E-state index in [0.717, 1.165) is 12.1 Å². The van der Waals surface area contributed by atoms with E-state index in [9.17, 15) is 27.6 Å². The highest BCUT2D eigenvalue weighted by atomic mass is 19.4. The summed E-state index contributed by atoms with van der Waals surface area (Å²) in [6.07, 6.45) is -3.57. The number of piperidine rings is 1. The predicted octanol–water partition coefficient (Wildman–Crippen LogP) is 4.68. The number of carbonyl (C=O) groups excluding carboxylic acids is 3. The zero-order valence-corrected chi connectivity index (χ0v) is 19.2. The van der Waals surface area contributed by atoms with Gasteiger partial charge in [-0.3, -0.25) is 14.4 Å². The summed E-state index contributed by atoms with van der Waals surface area (Å²) in [6, 6.07) is 11.0. The summed E-state index contributed by atoms with van der Waals surface area (Å²) in [7, 11) is 0. The number of likely N-dealkylation sites (tertiary alicyclic amines) is 1. The van der Waals surface area contributed by atoms with Gasteiger partial charge in [-0.1, -0.05) is 6.07 Å². The fourth-order valence-corrected chi connectivity index (χ4v) is 4.00. The van der Waals surface area contributed by atoms with Crippen LogP contribution in [0.25, 0.3) is 0 Å². The fourth-order valence-electron chi connectivity index (χ4n) is 4.00. The lowest BCUT2D eigenvalue weighted by atomic mass is 9.95. The van der Waals surface area contributed by atoms with E-state index in [2.05, 4.69) is 5.32 Å². The number of hydrogen-bond donors (Lipinski definition) is 1. The van der Waals surface area contributed by atoms with E-state index in [4.69, 9.17) is 0 Å². The van der Waals surface area contributed by atoms with Crippen LogP contribution in [0, 0.1) is 5.92 Å². The molecular formula is C25H28F3N3O3. The highest BCUT2D eigenvalue weighted by molar-refractivity contribution is 5.98. The summed E-state index contributed by atoms with van der Waals surface area (Å²) < 4.78 is 38.2. The lowest BCUT2D eigenvalue weighted by Crippen LogP contribution is -2.41. The van der Waals surface area contributed by atoms with Crippen LogP contribution in [-0.2, 0) is 11.0 Å². The Morgan fingerprint density at radius 3 is 2.15 bits per heavy atom. The summed E-state index contributed by atoms with van der Waals surface area (Å²) in [5.74, 6) is -0.945. The molecule has 182 valence electrons. The molecule has 0 spiro atoms. The molecule has 1 heterocycles. The van der Waals surface area contributed by atoms with Crippen molar-refractivity contribution in [1.82, 2.24) is 9.80 Å². The Morgan fingerprint density at radius 2 is 1.59 bits per heavy atom. The number of benzene rings is 2. The third kappa shape index (κ3) is 5.95. The predicted molar refractivity (Wildman–Crippen MR) is 122 cm³/mol. The molecule has 9 heteroatoms. The molecule has 1 N–H and O–H groups in total. The van der Waals surface area contributed by atoms with Crippen molar-refractivity contribution < 1.29 is 27.6 Å². The maximum absolute atomic E-state index is 12.8. The molecule has 0 unspecified atom stereocenters. The third-order valence-corrected chi connectivity index (χ3v) is 6.04. The average molecular weight is 476 g/mol. The number of nitrogens with one attached hydrogen (secondary N) is 1. The van der Waals surface area contributed by atoms with E-state index in [1.54, 1.807) is 34.1 Å². The van der Waals surface area contributed by atoms with Crippen LogP contribution in [0.4, 0.5) is 18.9 Å². The molecule has 1 aliphatic heterocycles. The highest BCUT2D eigenvalue weighted by Crippen LogP contribution is 2.29. The lowest BCUT2D eigenvalue weighted by Gasteiger charge is -2.31. The van der Waals surface area contributed by atoms with E-state index in [1.165, 1.54) is 12.1 Å². The largest absolute Gasteiger partial charge is 0.416 e. The second-order valence-corrected chi connectivity index (χ2v) is 8.19. The van der Waals surface area contributed by atoms with Gasteiger partial charge >= 0.3 is 6.18 Å². The standard InChI is InChI=1S/C25H28F3N3O3/c1-3-30(4-2)24(34)19-6-5-7-21(16-19)29-22(32)17-12-14-31(15-13-17)23(33)18-8-10-20(11-9-18)25(26,27)28/h5-11,16-17H,3-4,12-15H2,1-2H3,(H,29,32). The number of hydrogen-bond acceptors (Lipinski definition) is 3. The quantitative estimate of drug-likeness (QED) is 0.660. The van der Waals surface area contributed by atoms with E-state index in [-0.39, 0.29) is 29.2 Å². The smallest absolute Gasteiger partial charge is 0.339 e. The minimum Gasteiger partial charge on any atom is -0.339 e. The molecule has 0 aromatic heterocycles. The SMILES string of the molecule is CCN(CC)C(=O)c1cccc(NC(=O)C2CCN(C(=O)c3ccc(C(F)(F)F)cc3)CC2)c1. The van der Waals surface area contributed by atoms with Crippen LogP contribution in [0.3, 0.4) is 0 Å². The Morgan fingerprint density at radius 1 is 0.971 bits per heavy atom. The molecule has 0 atom stereocenters. The monoisotopic (exact) mass is 475 g/mol. The zero-order valence-electron chi connectivity index (χ0n) is 19.2. The van der Waals surface area contributed by atoms with Gasteiger partial charge in [-0.25, -0.2) is 0 Å². The topological polar surface area (TPSA) is 69.7 Å². The summed E-state index contributed by atoms with van der Waals surface area (Å²) in [5, 5.41) is 2.86. The van der Waals surface area contributed by atoms with Crippen molar-refractivity contribution in [2.45, 2.75) is 32.9 Å². The number of amides is 3. The first-order valence-electron chi connectivity index (χ1n) is 11.3. The molecule has 0 bridgehead atoms. The van der Waals surface area contributed by atoms with Crippen LogP contribution in [0.1, 0.15) is 53.0 Å². The molecule has 3 amide bonds. The number of nitrogens with zero attached hydrogens (tertiary/aromatic N) is 2. The molecule has 3 rings (SSSR count). The van der Waals surface area contributed by atoms with Gasteiger partial charge in [-0.2, -0.15) is 13.2 Å². The van der Waals surface area contributed by atoms with Gasteiger partial charge in [0.1, 0.15) is 0 Å². The van der Waals surface area contributed by atoms with E-state index >= 15 is 0 Å². The number of rotatable bonds is 6. The molecule has 2 aromatic rings. The number of alkyl halides is 3. The van der Waals surface area contributed by atoms with E-state index in [1.807, 2.05) is 13.8 Å². The average Bonchev–Trinajstić information content (AvgIpc) is 2.84. The second-order valence-electron chi connectivity index (χ2n) is 8.19. The van der Waals surface area contributed by atoms with Crippen LogP contribution in [0.2, 0.25) is 0 Å². The Labute approximate surface area is 196 Å². The first kappa shape index (κ1) is 25.3. The van der Waals surface area contributed by atoms with Gasteiger partial charge in [-0.05, 0) is 69.2 Å². The molecule has 34 heavy (non-hydrogen) atoms. The summed E-state index contributed by atoms with van der Waals surface area (Å²) in [6.45, 7) is 5.66. The Bertz CT molecular complexity index is 1030. The maximum atomic E-state index is 12.8. The van der Waals surface area contributed by atoms with Crippen LogP contribution in [-0.4, -0.2) is 53.7 Å². The van der Waals surface area contributed by atoms with Crippen molar-refractivity contribution in [1.29, 1.82) is 0 Å². The summed E-state index contributed by atoms with van der Waals surface area (Å²) in [4.78, 5) is 41.2. The van der Waals surface area contributed by atoms with Gasteiger partial charge in [-0.15, -0.1) is 0 Å². The zero-order chi connectivity index (χ0) is 24.9. The minimum absolute atomic E-state index is 0.101. The number of halogens is 3. The van der Waals surface area contributed by atoms with Crippen molar-refractivity contribution in [2.24, 2.45) is 5.92 Å². The summed E-state index contributed by atoms with van der Waals surface area (Å²) in [5.41, 5.74) is 0.414. The van der Waals surface area contributed by atoms with Gasteiger partial charge in [0.2, 0.25) is 5.91 Å². The van der Waals surface area contributed by atoms with Crippen molar-refractivity contribution in [2.75, 3.05) is 31.5 Å². The maximum Gasteiger partial charge on any atom is 0.416 e. The minimum atomic E-state index is -4.45. The number of carbonyl (C=O) groups is 3. The van der Waals surface area contributed by atoms with Gasteiger partial charge in [0.15, 0.2) is 0 Å². The van der Waals surface area contributed by atoms with Gasteiger partial charge in [0.05, 0.1) is 5.56 Å². The van der Waals surface area contributed by atoms with Crippen LogP contribution >= 0.6 is 0 Å². The van der Waals surface area contributed by atoms with Crippen molar-refractivity contribution >= 4 is 23.4 Å². The van der Waals surface area contributed by atoms with Gasteiger partial charge in [0.25, 0.3) is 11.8 Å². The molecule has 0 saturated carbocycles. The highest BCUT2D eigenvalue weighted by Gasteiger charge is 2.31. The van der Waals surface area contributed by atoms with E-state index in [0.29, 0.717) is 50.3 Å². The molecule has 2 aromatic carbocycles. The first-order valence-corrected chi connectivity index (χ1v) is 11.3. The molecule has 6 nitrogen and oxygen atoms in total. The second kappa shape index (κ2) is 10.7. The van der Waals surface area contributed by atoms with E-state index < -0.39 is 11.7 Å². The first-order chi connectivity index (χ1) is 16.1. The summed E-state index contributed by atoms with van der Waals surface area (Å²) >= 11 is 0. The molecule has 1 saturated heterocycles. The molecule has 1 aliphatic rings. The van der Waals surface area contributed by atoms with Crippen LogP contribution < -0.4 is 5.32 Å². The van der Waals surface area contributed by atoms with Crippen molar-refractivity contribution in [3.8, 4) is 0 Å².